The number of nitrogens with zero attached hydrogens (tertiary/aromatic N) is 3. The molecule has 2 heterocycles. The molecular formula is C11H14FN3. The molecule has 0 spiro atoms. The lowest BCUT2D eigenvalue weighted by atomic mass is 10.2. The summed E-state index contributed by atoms with van der Waals surface area (Å²) in [5.41, 5.74) is 1.80. The second-order valence-corrected chi connectivity index (χ2v) is 3.82. The van der Waals surface area contributed by atoms with Gasteiger partial charge in [0.15, 0.2) is 0 Å². The van der Waals surface area contributed by atoms with Gasteiger partial charge in [0.05, 0.1) is 17.9 Å². The number of aromatic nitrogens is 2. The average Bonchev–Trinajstić information content (AvgIpc) is 2.22. The number of aryl methyl sites for hydroxylation is 1. The van der Waals surface area contributed by atoms with E-state index in [2.05, 4.69) is 10.2 Å². The summed E-state index contributed by atoms with van der Waals surface area (Å²) in [6, 6.07) is 3.87. The standard InChI is InChI=1S/C11H14FN3/c1-9-4-5-11(14-13-9)8-15-6-2-3-10(12)7-15/h3-5H,2,6-8H2,1H3. The van der Waals surface area contributed by atoms with Crippen LogP contribution in [0, 0.1) is 6.92 Å². The first-order valence-electron chi connectivity index (χ1n) is 5.10. The Kier molecular flexibility index (Phi) is 3.06. The summed E-state index contributed by atoms with van der Waals surface area (Å²) >= 11 is 0. The van der Waals surface area contributed by atoms with E-state index in [1.54, 1.807) is 6.08 Å². The van der Waals surface area contributed by atoms with Gasteiger partial charge in [-0.3, -0.25) is 4.90 Å². The Morgan fingerprint density at radius 3 is 2.93 bits per heavy atom. The van der Waals surface area contributed by atoms with E-state index in [0.717, 1.165) is 24.4 Å². The highest BCUT2D eigenvalue weighted by Gasteiger charge is 2.12. The fraction of sp³-hybridized carbons (Fsp3) is 0.455. The third-order valence-electron chi connectivity index (χ3n) is 2.42. The van der Waals surface area contributed by atoms with Crippen LogP contribution in [0.5, 0.6) is 0 Å². The predicted molar refractivity (Wildman–Crippen MR) is 55.9 cm³/mol. The van der Waals surface area contributed by atoms with Gasteiger partial charge in [0.25, 0.3) is 0 Å². The van der Waals surface area contributed by atoms with E-state index >= 15 is 0 Å². The van der Waals surface area contributed by atoms with Gasteiger partial charge in [0.2, 0.25) is 0 Å². The van der Waals surface area contributed by atoms with E-state index in [0.29, 0.717) is 13.1 Å². The second-order valence-electron chi connectivity index (χ2n) is 3.82. The molecule has 1 aliphatic rings. The van der Waals surface area contributed by atoms with Gasteiger partial charge in [0, 0.05) is 13.1 Å². The molecule has 0 bridgehead atoms. The van der Waals surface area contributed by atoms with Crippen molar-refractivity contribution in [2.45, 2.75) is 19.9 Å². The van der Waals surface area contributed by atoms with Gasteiger partial charge in [-0.1, -0.05) is 6.08 Å². The van der Waals surface area contributed by atoms with Crippen molar-refractivity contribution < 1.29 is 4.39 Å². The molecule has 0 saturated carbocycles. The zero-order valence-corrected chi connectivity index (χ0v) is 8.78. The van der Waals surface area contributed by atoms with Crippen LogP contribution in [0.4, 0.5) is 4.39 Å². The lowest BCUT2D eigenvalue weighted by Crippen LogP contribution is -2.29. The zero-order valence-electron chi connectivity index (χ0n) is 8.78. The SMILES string of the molecule is Cc1ccc(CN2CCC=C(F)C2)nn1. The van der Waals surface area contributed by atoms with Crippen LogP contribution < -0.4 is 0 Å². The fourth-order valence-electron chi connectivity index (χ4n) is 1.64. The third kappa shape index (κ3) is 2.83. The molecule has 0 amide bonds. The molecule has 0 radical (unpaired) electrons. The molecule has 0 saturated heterocycles. The van der Waals surface area contributed by atoms with Crippen molar-refractivity contribution in [1.29, 1.82) is 0 Å². The van der Waals surface area contributed by atoms with Crippen LogP contribution in [0.15, 0.2) is 24.0 Å². The topological polar surface area (TPSA) is 29.0 Å². The molecule has 0 aromatic carbocycles. The predicted octanol–water partition coefficient (Wildman–Crippen LogP) is 1.84. The van der Waals surface area contributed by atoms with Crippen molar-refractivity contribution in [1.82, 2.24) is 15.1 Å². The maximum Gasteiger partial charge on any atom is 0.110 e. The molecule has 0 unspecified atom stereocenters. The van der Waals surface area contributed by atoms with Gasteiger partial charge >= 0.3 is 0 Å². The van der Waals surface area contributed by atoms with Crippen molar-refractivity contribution in [2.24, 2.45) is 0 Å². The Hall–Kier alpha value is -1.29. The lowest BCUT2D eigenvalue weighted by Gasteiger charge is -2.23. The summed E-state index contributed by atoms with van der Waals surface area (Å²) in [6.45, 7) is 3.87. The minimum Gasteiger partial charge on any atom is -0.291 e. The van der Waals surface area contributed by atoms with Crippen LogP contribution in [-0.4, -0.2) is 28.2 Å². The minimum atomic E-state index is -0.0404. The highest BCUT2D eigenvalue weighted by molar-refractivity contribution is 5.07. The van der Waals surface area contributed by atoms with Gasteiger partial charge in [0.1, 0.15) is 5.83 Å². The average molecular weight is 207 g/mol. The summed E-state index contributed by atoms with van der Waals surface area (Å²) in [5, 5.41) is 8.04. The molecule has 3 nitrogen and oxygen atoms in total. The number of halogens is 1. The normalized spacial score (nSPS) is 17.6. The minimum absolute atomic E-state index is 0.0404. The molecule has 2 rings (SSSR count). The van der Waals surface area contributed by atoms with Crippen molar-refractivity contribution in [3.63, 3.8) is 0 Å². The first kappa shape index (κ1) is 10.2. The lowest BCUT2D eigenvalue weighted by molar-refractivity contribution is 0.255. The first-order valence-corrected chi connectivity index (χ1v) is 5.10. The second kappa shape index (κ2) is 4.49. The maximum atomic E-state index is 13.0. The van der Waals surface area contributed by atoms with E-state index in [1.807, 2.05) is 24.0 Å². The molecule has 1 aliphatic heterocycles. The van der Waals surface area contributed by atoms with E-state index < -0.39 is 0 Å². The Balaban J connectivity index is 1.97. The van der Waals surface area contributed by atoms with E-state index in [4.69, 9.17) is 0 Å². The van der Waals surface area contributed by atoms with Crippen molar-refractivity contribution in [3.8, 4) is 0 Å². The highest BCUT2D eigenvalue weighted by Crippen LogP contribution is 2.12. The summed E-state index contributed by atoms with van der Waals surface area (Å²) in [4.78, 5) is 2.04. The molecule has 0 aliphatic carbocycles. The molecule has 1 aromatic rings. The van der Waals surface area contributed by atoms with Crippen LogP contribution >= 0.6 is 0 Å². The Bertz CT molecular complexity index is 359. The van der Waals surface area contributed by atoms with Gasteiger partial charge in [-0.25, -0.2) is 4.39 Å². The zero-order chi connectivity index (χ0) is 10.7. The molecule has 4 heteroatoms. The summed E-state index contributed by atoms with van der Waals surface area (Å²) in [6.07, 6.45) is 2.43. The van der Waals surface area contributed by atoms with Crippen LogP contribution in [0.25, 0.3) is 0 Å². The van der Waals surface area contributed by atoms with E-state index in [-0.39, 0.29) is 5.83 Å². The van der Waals surface area contributed by atoms with Gasteiger partial charge < -0.3 is 0 Å². The molecular weight excluding hydrogens is 193 g/mol. The molecule has 15 heavy (non-hydrogen) atoms. The molecule has 0 fully saturated rings. The van der Waals surface area contributed by atoms with E-state index in [1.165, 1.54) is 0 Å². The summed E-state index contributed by atoms with van der Waals surface area (Å²) in [5.74, 6) is -0.0404. The van der Waals surface area contributed by atoms with Crippen LogP contribution in [0.1, 0.15) is 17.8 Å². The maximum absolute atomic E-state index is 13.0. The number of hydrogen-bond donors (Lipinski definition) is 0. The van der Waals surface area contributed by atoms with Crippen LogP contribution in [0.2, 0.25) is 0 Å². The first-order chi connectivity index (χ1) is 7.24. The number of rotatable bonds is 2. The fourth-order valence-corrected chi connectivity index (χ4v) is 1.64. The molecule has 1 aromatic heterocycles. The molecule has 80 valence electrons. The van der Waals surface area contributed by atoms with Gasteiger partial charge in [-0.2, -0.15) is 10.2 Å². The monoisotopic (exact) mass is 207 g/mol. The number of hydrogen-bond acceptors (Lipinski definition) is 3. The Morgan fingerprint density at radius 2 is 2.27 bits per heavy atom. The Labute approximate surface area is 88.6 Å². The third-order valence-corrected chi connectivity index (χ3v) is 2.42. The van der Waals surface area contributed by atoms with Gasteiger partial charge in [-0.15, -0.1) is 0 Å². The Morgan fingerprint density at radius 1 is 1.40 bits per heavy atom. The smallest absolute Gasteiger partial charge is 0.110 e. The largest absolute Gasteiger partial charge is 0.291 e. The quantitative estimate of drug-likeness (QED) is 0.741. The van der Waals surface area contributed by atoms with E-state index in [9.17, 15) is 4.39 Å². The summed E-state index contributed by atoms with van der Waals surface area (Å²) < 4.78 is 13.0. The van der Waals surface area contributed by atoms with Crippen molar-refractivity contribution in [3.05, 3.63) is 35.4 Å². The van der Waals surface area contributed by atoms with Crippen LogP contribution in [-0.2, 0) is 6.54 Å². The molecule has 0 N–H and O–H groups in total. The van der Waals surface area contributed by atoms with Gasteiger partial charge in [-0.05, 0) is 25.5 Å². The van der Waals surface area contributed by atoms with Crippen molar-refractivity contribution in [2.75, 3.05) is 13.1 Å². The highest BCUT2D eigenvalue weighted by atomic mass is 19.1. The summed E-state index contributed by atoms with van der Waals surface area (Å²) in [7, 11) is 0. The molecule has 0 atom stereocenters. The van der Waals surface area contributed by atoms with Crippen LogP contribution in [0.3, 0.4) is 0 Å². The van der Waals surface area contributed by atoms with Crippen molar-refractivity contribution >= 4 is 0 Å².